The van der Waals surface area contributed by atoms with Crippen molar-refractivity contribution in [3.05, 3.63) is 76.1 Å². The van der Waals surface area contributed by atoms with Crippen molar-refractivity contribution in [2.24, 2.45) is 0 Å². The molecular weight excluding hydrogens is 600 g/mol. The van der Waals surface area contributed by atoms with E-state index in [9.17, 15) is 4.79 Å². The highest BCUT2D eigenvalue weighted by Gasteiger charge is 2.22. The predicted molar refractivity (Wildman–Crippen MR) is 184 cm³/mol. The molecule has 2 saturated heterocycles. The standard InChI is InChI=1S/C35H45ClN8O2/c1-3-32-29(33(41-27-10-16-46-17-11-27)30-22-40-44(4-2)34(30)42-32)21-39-35(45)38-20-24-8-9-31(36)28(19-24)26-7-5-6-25(18-26)23-43-14-12-37-13-15-43/h5-9,18-19,22,27,37H,3-4,10-17,20-21,23H2,1-2H3,(H,41,42)(H2,38,39,45). The number of nitrogens with zero attached hydrogens (tertiary/aromatic N) is 4. The summed E-state index contributed by atoms with van der Waals surface area (Å²) in [6, 6.07) is 14.6. The molecule has 0 aliphatic carbocycles. The highest BCUT2D eigenvalue weighted by molar-refractivity contribution is 6.33. The number of aryl methyl sites for hydroxylation is 2. The molecule has 6 rings (SSSR count). The van der Waals surface area contributed by atoms with Gasteiger partial charge in [0.15, 0.2) is 5.65 Å². The van der Waals surface area contributed by atoms with Crippen LogP contribution in [0.2, 0.25) is 5.02 Å². The normalized spacial score (nSPS) is 16.1. The second-order valence-corrected chi connectivity index (χ2v) is 12.5. The average Bonchev–Trinajstić information content (AvgIpc) is 3.51. The number of aromatic nitrogens is 3. The Bertz CT molecular complexity index is 1650. The van der Waals surface area contributed by atoms with Gasteiger partial charge in [0.25, 0.3) is 0 Å². The average molecular weight is 645 g/mol. The zero-order valence-electron chi connectivity index (χ0n) is 26.9. The Kier molecular flexibility index (Phi) is 10.7. The Balaban J connectivity index is 1.14. The quantitative estimate of drug-likeness (QED) is 0.175. The molecule has 0 spiro atoms. The lowest BCUT2D eigenvalue weighted by Gasteiger charge is -2.27. The summed E-state index contributed by atoms with van der Waals surface area (Å²) in [6.45, 7) is 12.2. The van der Waals surface area contributed by atoms with Crippen molar-refractivity contribution >= 4 is 34.4 Å². The molecule has 2 aliphatic heterocycles. The van der Waals surface area contributed by atoms with Crippen LogP contribution < -0.4 is 21.3 Å². The fraction of sp³-hybridized carbons (Fsp3) is 0.457. The van der Waals surface area contributed by atoms with Crippen LogP contribution in [0.25, 0.3) is 22.2 Å². The number of pyridine rings is 1. The monoisotopic (exact) mass is 644 g/mol. The molecule has 0 unspecified atom stereocenters. The van der Waals surface area contributed by atoms with Gasteiger partial charge in [-0.25, -0.2) is 14.5 Å². The van der Waals surface area contributed by atoms with E-state index in [0.29, 0.717) is 24.2 Å². The summed E-state index contributed by atoms with van der Waals surface area (Å²) in [5.74, 6) is 0. The lowest BCUT2D eigenvalue weighted by molar-refractivity contribution is 0.0904. The minimum Gasteiger partial charge on any atom is -0.381 e. The zero-order valence-corrected chi connectivity index (χ0v) is 27.6. The van der Waals surface area contributed by atoms with Gasteiger partial charge in [-0.05, 0) is 61.1 Å². The third kappa shape index (κ3) is 7.63. The molecule has 0 bridgehead atoms. The molecule has 4 N–H and O–H groups in total. The SMILES string of the molecule is CCc1nc2c(cnn2CC)c(NC2CCOCC2)c1CNC(=O)NCc1ccc(Cl)c(-c2cccc(CN3CCNCC3)c2)c1. The van der Waals surface area contributed by atoms with Crippen LogP contribution in [-0.2, 0) is 37.3 Å². The number of hydrogen-bond acceptors (Lipinski definition) is 7. The molecule has 4 heterocycles. The van der Waals surface area contributed by atoms with Crippen molar-refractivity contribution in [1.29, 1.82) is 0 Å². The molecule has 0 radical (unpaired) electrons. The summed E-state index contributed by atoms with van der Waals surface area (Å²) in [5, 5.41) is 19.6. The smallest absolute Gasteiger partial charge is 0.315 e. The highest BCUT2D eigenvalue weighted by Crippen LogP contribution is 2.32. The first kappa shape index (κ1) is 32.2. The van der Waals surface area contributed by atoms with E-state index in [1.165, 1.54) is 5.56 Å². The molecule has 2 aromatic heterocycles. The van der Waals surface area contributed by atoms with Gasteiger partial charge in [0.1, 0.15) is 0 Å². The summed E-state index contributed by atoms with van der Waals surface area (Å²) >= 11 is 6.68. The summed E-state index contributed by atoms with van der Waals surface area (Å²) in [5.41, 5.74) is 8.13. The van der Waals surface area contributed by atoms with Gasteiger partial charge in [0, 0.05) is 93.5 Å². The van der Waals surface area contributed by atoms with Gasteiger partial charge in [-0.1, -0.05) is 42.8 Å². The van der Waals surface area contributed by atoms with E-state index in [1.807, 2.05) is 23.0 Å². The topological polar surface area (TPSA) is 108 Å². The Morgan fingerprint density at radius 1 is 1.04 bits per heavy atom. The van der Waals surface area contributed by atoms with E-state index in [-0.39, 0.29) is 6.03 Å². The summed E-state index contributed by atoms with van der Waals surface area (Å²) in [6.07, 6.45) is 4.50. The second kappa shape index (κ2) is 15.3. The van der Waals surface area contributed by atoms with Crippen LogP contribution in [0, 0.1) is 0 Å². The molecule has 0 saturated carbocycles. The van der Waals surface area contributed by atoms with Crippen molar-refractivity contribution in [2.75, 3.05) is 44.7 Å². The molecule has 10 nitrogen and oxygen atoms in total. The molecule has 2 aliphatic rings. The van der Waals surface area contributed by atoms with E-state index in [0.717, 1.165) is 116 Å². The molecule has 46 heavy (non-hydrogen) atoms. The van der Waals surface area contributed by atoms with E-state index in [1.54, 1.807) is 0 Å². The number of anilines is 1. The lowest BCUT2D eigenvalue weighted by atomic mass is 10.0. The van der Waals surface area contributed by atoms with E-state index in [4.69, 9.17) is 21.3 Å². The summed E-state index contributed by atoms with van der Waals surface area (Å²) in [4.78, 5) is 20.6. The van der Waals surface area contributed by atoms with Crippen LogP contribution in [0.3, 0.4) is 0 Å². The molecule has 2 amide bonds. The van der Waals surface area contributed by atoms with Crippen molar-refractivity contribution < 1.29 is 9.53 Å². The Hall–Kier alpha value is -3.70. The number of piperazine rings is 1. The summed E-state index contributed by atoms with van der Waals surface area (Å²) in [7, 11) is 0. The van der Waals surface area contributed by atoms with Crippen molar-refractivity contribution in [3.8, 4) is 11.1 Å². The van der Waals surface area contributed by atoms with Crippen molar-refractivity contribution in [3.63, 3.8) is 0 Å². The number of carbonyl (C=O) groups excluding carboxylic acids is 1. The minimum atomic E-state index is -0.238. The third-order valence-corrected chi connectivity index (χ3v) is 9.27. The molecular formula is C35H45ClN8O2. The fourth-order valence-electron chi connectivity index (χ4n) is 6.38. The minimum absolute atomic E-state index is 0.238. The predicted octanol–water partition coefficient (Wildman–Crippen LogP) is 5.33. The Labute approximate surface area is 276 Å². The number of halogens is 1. The van der Waals surface area contributed by atoms with Gasteiger partial charge in [-0.2, -0.15) is 5.10 Å². The van der Waals surface area contributed by atoms with Gasteiger partial charge in [-0.15, -0.1) is 0 Å². The van der Waals surface area contributed by atoms with Crippen LogP contribution >= 0.6 is 11.6 Å². The zero-order chi connectivity index (χ0) is 31.9. The number of rotatable bonds is 11. The van der Waals surface area contributed by atoms with Crippen LogP contribution in [0.5, 0.6) is 0 Å². The molecule has 244 valence electrons. The Morgan fingerprint density at radius 2 is 1.85 bits per heavy atom. The van der Waals surface area contributed by atoms with Crippen molar-refractivity contribution in [2.45, 2.75) is 65.3 Å². The third-order valence-electron chi connectivity index (χ3n) is 8.94. The molecule has 0 atom stereocenters. The van der Waals surface area contributed by atoms with Gasteiger partial charge in [0.2, 0.25) is 0 Å². The number of amides is 2. The van der Waals surface area contributed by atoms with E-state index in [2.05, 4.69) is 75.4 Å². The number of nitrogens with one attached hydrogen (secondary N) is 4. The number of fused-ring (bicyclic) bond motifs is 1. The van der Waals surface area contributed by atoms with Gasteiger partial charge in [0.05, 0.1) is 17.3 Å². The molecule has 2 fully saturated rings. The van der Waals surface area contributed by atoms with Gasteiger partial charge < -0.3 is 26.0 Å². The maximum atomic E-state index is 13.1. The number of urea groups is 1. The number of carbonyl (C=O) groups is 1. The maximum Gasteiger partial charge on any atom is 0.315 e. The largest absolute Gasteiger partial charge is 0.381 e. The molecule has 11 heteroatoms. The second-order valence-electron chi connectivity index (χ2n) is 12.1. The fourth-order valence-corrected chi connectivity index (χ4v) is 6.61. The lowest BCUT2D eigenvalue weighted by Crippen LogP contribution is -2.42. The highest BCUT2D eigenvalue weighted by atomic mass is 35.5. The van der Waals surface area contributed by atoms with Crippen molar-refractivity contribution in [1.82, 2.24) is 35.6 Å². The molecule has 2 aromatic carbocycles. The van der Waals surface area contributed by atoms with Crippen LogP contribution in [-0.4, -0.2) is 71.1 Å². The molecule has 4 aromatic rings. The summed E-state index contributed by atoms with van der Waals surface area (Å²) < 4.78 is 7.52. The van der Waals surface area contributed by atoms with Gasteiger partial charge in [-0.3, -0.25) is 4.90 Å². The number of ether oxygens (including phenoxy) is 1. The first-order valence-corrected chi connectivity index (χ1v) is 16.9. The number of hydrogen-bond donors (Lipinski definition) is 4. The number of benzene rings is 2. The van der Waals surface area contributed by atoms with Crippen LogP contribution in [0.4, 0.5) is 10.5 Å². The van der Waals surface area contributed by atoms with E-state index >= 15 is 0 Å². The van der Waals surface area contributed by atoms with E-state index < -0.39 is 0 Å². The first-order chi connectivity index (χ1) is 22.5. The Morgan fingerprint density at radius 3 is 2.63 bits per heavy atom. The van der Waals surface area contributed by atoms with Crippen LogP contribution in [0.15, 0.2) is 48.7 Å². The van der Waals surface area contributed by atoms with Crippen LogP contribution in [0.1, 0.15) is 49.1 Å². The van der Waals surface area contributed by atoms with Gasteiger partial charge >= 0.3 is 6.03 Å². The first-order valence-electron chi connectivity index (χ1n) is 16.6. The maximum absolute atomic E-state index is 13.1.